The maximum Gasteiger partial charge on any atom is 0.331 e. The van der Waals surface area contributed by atoms with Crippen LogP contribution in [0.1, 0.15) is 41.4 Å². The first-order chi connectivity index (χ1) is 17.3. The number of rotatable bonds is 6. The SMILES string of the molecule is CC1(C)[C@H](C(=O)OC(c2ccccc2)c2ccccc2)N2C(=O)[C@H](NC(=O)c3ccccc3)[C@H]2[S@@]1=O. The van der Waals surface area contributed by atoms with Gasteiger partial charge >= 0.3 is 5.97 Å². The second-order valence-corrected chi connectivity index (χ2v) is 11.5. The number of ether oxygens (including phenoxy) is 1. The van der Waals surface area contributed by atoms with E-state index in [-0.39, 0.29) is 0 Å². The van der Waals surface area contributed by atoms with Gasteiger partial charge in [-0.05, 0) is 37.1 Å². The van der Waals surface area contributed by atoms with Gasteiger partial charge in [-0.15, -0.1) is 0 Å². The van der Waals surface area contributed by atoms with Crippen molar-refractivity contribution in [2.75, 3.05) is 0 Å². The Labute approximate surface area is 211 Å². The summed E-state index contributed by atoms with van der Waals surface area (Å²) in [5, 5.41) is 1.90. The molecule has 0 aliphatic carbocycles. The lowest BCUT2D eigenvalue weighted by molar-refractivity contribution is -0.166. The molecule has 1 N–H and O–H groups in total. The number of amides is 2. The Hall–Kier alpha value is -3.78. The zero-order chi connectivity index (χ0) is 25.4. The fraction of sp³-hybridized carbons (Fsp3) is 0.250. The zero-order valence-corrected chi connectivity index (χ0v) is 20.7. The van der Waals surface area contributed by atoms with Gasteiger partial charge in [-0.1, -0.05) is 78.9 Å². The van der Waals surface area contributed by atoms with Gasteiger partial charge in [0.15, 0.2) is 6.10 Å². The molecule has 0 bridgehead atoms. The number of fused-ring (bicyclic) bond motifs is 1. The fourth-order valence-corrected chi connectivity index (χ4v) is 6.77. The fourth-order valence-electron chi connectivity index (χ4n) is 4.85. The van der Waals surface area contributed by atoms with Crippen LogP contribution in [-0.2, 0) is 25.1 Å². The van der Waals surface area contributed by atoms with Gasteiger partial charge in [0.05, 0.1) is 15.5 Å². The van der Waals surface area contributed by atoms with Gasteiger partial charge in [0, 0.05) is 5.56 Å². The highest BCUT2D eigenvalue weighted by Gasteiger charge is 2.68. The summed E-state index contributed by atoms with van der Waals surface area (Å²) in [5.41, 5.74) is 1.97. The quantitative estimate of drug-likeness (QED) is 0.413. The zero-order valence-electron chi connectivity index (χ0n) is 19.9. The highest BCUT2D eigenvalue weighted by molar-refractivity contribution is 7.87. The number of carbonyl (C=O) groups is 3. The largest absolute Gasteiger partial charge is 0.451 e. The number of β-lactam (4-membered cyclic amide) rings is 1. The highest BCUT2D eigenvalue weighted by Crippen LogP contribution is 2.44. The smallest absolute Gasteiger partial charge is 0.331 e. The Morgan fingerprint density at radius 1 is 0.889 bits per heavy atom. The third-order valence-electron chi connectivity index (χ3n) is 6.74. The molecule has 0 aromatic heterocycles. The summed E-state index contributed by atoms with van der Waals surface area (Å²) < 4.78 is 18.4. The minimum atomic E-state index is -1.61. The molecule has 2 fully saturated rings. The first kappa shape index (κ1) is 23.9. The standard InChI is InChI=1S/C28H26N2O5S/c1-28(2)23(27(33)35-22(18-12-6-3-7-13-18)19-14-8-4-9-15-19)30-25(32)21(26(30)36(28)34)29-24(31)20-16-10-5-11-17-20/h3-17,21-23,26H,1-2H3,(H,29,31)/t21-,23-,26+,36-/m0/s1. The molecule has 0 saturated carbocycles. The topological polar surface area (TPSA) is 92.8 Å². The second-order valence-electron chi connectivity index (χ2n) is 9.39. The van der Waals surface area contributed by atoms with E-state index in [9.17, 15) is 18.6 Å². The maximum absolute atomic E-state index is 13.6. The van der Waals surface area contributed by atoms with Crippen molar-refractivity contribution in [2.24, 2.45) is 0 Å². The van der Waals surface area contributed by atoms with Crippen molar-refractivity contribution in [3.05, 3.63) is 108 Å². The normalized spacial score (nSPS) is 24.1. The molecule has 4 atom stereocenters. The van der Waals surface area contributed by atoms with Crippen molar-refractivity contribution < 1.29 is 23.3 Å². The van der Waals surface area contributed by atoms with E-state index in [1.807, 2.05) is 60.7 Å². The Bertz CT molecular complexity index is 1270. The maximum atomic E-state index is 13.6. The Kier molecular flexibility index (Phi) is 6.22. The van der Waals surface area contributed by atoms with Crippen molar-refractivity contribution in [1.82, 2.24) is 10.2 Å². The van der Waals surface area contributed by atoms with Crippen LogP contribution in [0.3, 0.4) is 0 Å². The molecule has 184 valence electrons. The average molecular weight is 503 g/mol. The lowest BCUT2D eigenvalue weighted by Crippen LogP contribution is -2.71. The van der Waals surface area contributed by atoms with Crippen LogP contribution in [0.15, 0.2) is 91.0 Å². The first-order valence-electron chi connectivity index (χ1n) is 11.7. The predicted octanol–water partition coefficient (Wildman–Crippen LogP) is 3.20. The molecule has 0 unspecified atom stereocenters. The molecule has 2 amide bonds. The van der Waals surface area contributed by atoms with E-state index in [4.69, 9.17) is 4.74 Å². The van der Waals surface area contributed by atoms with Gasteiger partial charge in [-0.25, -0.2) is 4.79 Å². The van der Waals surface area contributed by atoms with Crippen molar-refractivity contribution in [3.8, 4) is 0 Å². The minimum absolute atomic E-state index is 0.399. The van der Waals surface area contributed by atoms with Crippen molar-refractivity contribution >= 4 is 28.6 Å². The van der Waals surface area contributed by atoms with Crippen LogP contribution >= 0.6 is 0 Å². The number of nitrogens with one attached hydrogen (secondary N) is 1. The first-order valence-corrected chi connectivity index (χ1v) is 12.9. The number of nitrogens with zero attached hydrogens (tertiary/aromatic N) is 1. The molecule has 2 aliphatic heterocycles. The van der Waals surface area contributed by atoms with E-state index in [2.05, 4.69) is 5.32 Å². The van der Waals surface area contributed by atoms with Crippen LogP contribution in [0.4, 0.5) is 0 Å². The molecule has 7 nitrogen and oxygen atoms in total. The molecule has 2 heterocycles. The van der Waals surface area contributed by atoms with E-state index in [1.54, 1.807) is 44.2 Å². The van der Waals surface area contributed by atoms with Crippen LogP contribution in [-0.4, -0.2) is 49.1 Å². The van der Waals surface area contributed by atoms with Gasteiger partial charge in [0.2, 0.25) is 5.91 Å². The van der Waals surface area contributed by atoms with Crippen LogP contribution in [0.2, 0.25) is 0 Å². The highest BCUT2D eigenvalue weighted by atomic mass is 32.2. The molecule has 36 heavy (non-hydrogen) atoms. The van der Waals surface area contributed by atoms with Gasteiger partial charge in [0.25, 0.3) is 5.91 Å². The lowest BCUT2D eigenvalue weighted by Gasteiger charge is -2.43. The Morgan fingerprint density at radius 3 is 1.92 bits per heavy atom. The number of benzene rings is 3. The van der Waals surface area contributed by atoms with E-state index < -0.39 is 56.9 Å². The third-order valence-corrected chi connectivity index (χ3v) is 8.94. The molecule has 3 aromatic carbocycles. The second kappa shape index (κ2) is 9.35. The van der Waals surface area contributed by atoms with Gasteiger partial charge in [0.1, 0.15) is 17.5 Å². The Balaban J connectivity index is 1.39. The third kappa shape index (κ3) is 4.01. The summed E-state index contributed by atoms with van der Waals surface area (Å²) in [6.07, 6.45) is -0.687. The molecule has 2 aliphatic rings. The summed E-state index contributed by atoms with van der Waals surface area (Å²) >= 11 is 0. The summed E-state index contributed by atoms with van der Waals surface area (Å²) in [6, 6.07) is 25.2. The molecular weight excluding hydrogens is 476 g/mol. The van der Waals surface area contributed by atoms with Gasteiger partial charge in [-0.2, -0.15) is 0 Å². The average Bonchev–Trinajstić information content (AvgIpc) is 3.10. The number of hydrogen-bond donors (Lipinski definition) is 1. The molecule has 3 aromatic rings. The number of hydrogen-bond acceptors (Lipinski definition) is 5. The number of esters is 1. The predicted molar refractivity (Wildman–Crippen MR) is 135 cm³/mol. The lowest BCUT2D eigenvalue weighted by atomic mass is 9.95. The monoisotopic (exact) mass is 502 g/mol. The molecule has 2 saturated heterocycles. The molecule has 8 heteroatoms. The van der Waals surface area contributed by atoms with E-state index in [0.29, 0.717) is 5.56 Å². The van der Waals surface area contributed by atoms with Gasteiger partial charge in [-0.3, -0.25) is 13.8 Å². The number of carbonyl (C=O) groups excluding carboxylic acids is 3. The summed E-state index contributed by atoms with van der Waals surface area (Å²) in [5.74, 6) is -1.50. The Morgan fingerprint density at radius 2 is 1.39 bits per heavy atom. The van der Waals surface area contributed by atoms with E-state index in [1.165, 1.54) is 4.90 Å². The minimum Gasteiger partial charge on any atom is -0.451 e. The van der Waals surface area contributed by atoms with Crippen LogP contribution < -0.4 is 5.32 Å². The summed E-state index contributed by atoms with van der Waals surface area (Å²) in [4.78, 5) is 40.7. The van der Waals surface area contributed by atoms with Crippen LogP contribution in [0, 0.1) is 0 Å². The summed E-state index contributed by atoms with van der Waals surface area (Å²) in [6.45, 7) is 3.38. The molecular formula is C28H26N2O5S. The van der Waals surface area contributed by atoms with E-state index in [0.717, 1.165) is 11.1 Å². The summed E-state index contributed by atoms with van der Waals surface area (Å²) in [7, 11) is -1.61. The van der Waals surface area contributed by atoms with E-state index >= 15 is 0 Å². The van der Waals surface area contributed by atoms with Crippen LogP contribution in [0.25, 0.3) is 0 Å². The molecule has 0 radical (unpaired) electrons. The molecule has 5 rings (SSSR count). The van der Waals surface area contributed by atoms with Crippen molar-refractivity contribution in [1.29, 1.82) is 0 Å². The van der Waals surface area contributed by atoms with Crippen molar-refractivity contribution in [2.45, 2.75) is 42.2 Å². The van der Waals surface area contributed by atoms with Crippen LogP contribution in [0.5, 0.6) is 0 Å². The molecule has 0 spiro atoms. The van der Waals surface area contributed by atoms with Crippen molar-refractivity contribution in [3.63, 3.8) is 0 Å². The van der Waals surface area contributed by atoms with Gasteiger partial charge < -0.3 is 15.0 Å².